The van der Waals surface area contributed by atoms with Crippen molar-refractivity contribution in [3.63, 3.8) is 0 Å². The monoisotopic (exact) mass is 366 g/mol. The molecule has 0 aliphatic rings. The van der Waals surface area contributed by atoms with E-state index in [1.165, 1.54) is 16.9 Å². The molecule has 3 rings (SSSR count). The first-order valence-electron chi connectivity index (χ1n) is 8.69. The highest BCUT2D eigenvalue weighted by atomic mass is 32.1. The summed E-state index contributed by atoms with van der Waals surface area (Å²) < 4.78 is 5.72. The van der Waals surface area contributed by atoms with Crippen LogP contribution in [0.4, 0.5) is 0 Å². The van der Waals surface area contributed by atoms with Crippen molar-refractivity contribution in [1.82, 2.24) is 10.3 Å². The quantitative estimate of drug-likeness (QED) is 0.631. The Labute approximate surface area is 157 Å². The first-order valence-corrected chi connectivity index (χ1v) is 9.63. The molecule has 26 heavy (non-hydrogen) atoms. The second-order valence-electron chi connectivity index (χ2n) is 6.02. The normalized spacial score (nSPS) is 11.7. The van der Waals surface area contributed by atoms with E-state index in [-0.39, 0.29) is 5.91 Å². The Hall–Kier alpha value is -2.66. The fourth-order valence-corrected chi connectivity index (χ4v) is 3.28. The van der Waals surface area contributed by atoms with Crippen molar-refractivity contribution in [1.29, 1.82) is 0 Å². The summed E-state index contributed by atoms with van der Waals surface area (Å²) in [4.78, 5) is 16.7. The van der Waals surface area contributed by atoms with Crippen LogP contribution in [0.1, 0.15) is 40.9 Å². The van der Waals surface area contributed by atoms with Gasteiger partial charge in [0.05, 0.1) is 11.2 Å². The summed E-state index contributed by atoms with van der Waals surface area (Å²) in [5.41, 5.74) is 4.51. The van der Waals surface area contributed by atoms with Gasteiger partial charge in [0.2, 0.25) is 0 Å². The van der Waals surface area contributed by atoms with Crippen molar-refractivity contribution < 1.29 is 9.53 Å². The summed E-state index contributed by atoms with van der Waals surface area (Å²) in [6.45, 7) is 3.15. The fourth-order valence-electron chi connectivity index (χ4n) is 2.73. The van der Waals surface area contributed by atoms with Crippen LogP contribution in [0.15, 0.2) is 65.5 Å². The van der Waals surface area contributed by atoms with E-state index in [9.17, 15) is 4.79 Å². The van der Waals surface area contributed by atoms with Crippen LogP contribution in [0.5, 0.6) is 5.75 Å². The smallest absolute Gasteiger partial charge is 0.251 e. The maximum Gasteiger partial charge on any atom is 0.251 e. The Morgan fingerprint density at radius 1 is 1.19 bits per heavy atom. The molecule has 0 spiro atoms. The summed E-state index contributed by atoms with van der Waals surface area (Å²) in [5.74, 6) is 0.892. The number of nitrogens with zero attached hydrogens (tertiary/aromatic N) is 1. The molecule has 134 valence electrons. The molecule has 1 amide bonds. The predicted molar refractivity (Wildman–Crippen MR) is 105 cm³/mol. The van der Waals surface area contributed by atoms with E-state index in [0.717, 1.165) is 12.1 Å². The number of nitrogens with one attached hydrogen (secondary N) is 1. The maximum absolute atomic E-state index is 12.5. The number of aromatic nitrogens is 1. The van der Waals surface area contributed by atoms with Crippen LogP contribution in [0.3, 0.4) is 0 Å². The third kappa shape index (κ3) is 4.92. The molecule has 1 N–H and O–H groups in total. The Balaban J connectivity index is 1.58. The number of hydrogen-bond acceptors (Lipinski definition) is 4. The number of rotatable bonds is 8. The number of amides is 1. The van der Waals surface area contributed by atoms with Gasteiger partial charge in [-0.25, -0.2) is 4.98 Å². The summed E-state index contributed by atoms with van der Waals surface area (Å²) >= 11 is 1.54. The zero-order valence-electron chi connectivity index (χ0n) is 14.7. The van der Waals surface area contributed by atoms with Gasteiger partial charge in [0.25, 0.3) is 5.91 Å². The first kappa shape index (κ1) is 18.1. The lowest BCUT2D eigenvalue weighted by atomic mass is 9.96. The Morgan fingerprint density at radius 2 is 2.04 bits per heavy atom. The van der Waals surface area contributed by atoms with E-state index < -0.39 is 0 Å². The fraction of sp³-hybridized carbons (Fsp3) is 0.238. The molecule has 0 saturated heterocycles. The molecular formula is C21H22N2O2S. The molecule has 5 heteroatoms. The molecule has 0 fully saturated rings. The third-order valence-corrected chi connectivity index (χ3v) is 4.87. The van der Waals surface area contributed by atoms with Gasteiger partial charge in [-0.05, 0) is 30.2 Å². The summed E-state index contributed by atoms with van der Waals surface area (Å²) in [6.07, 6.45) is 0.973. The van der Waals surface area contributed by atoms with Gasteiger partial charge in [-0.3, -0.25) is 4.79 Å². The molecule has 0 aliphatic carbocycles. The van der Waals surface area contributed by atoms with E-state index in [1.54, 1.807) is 17.6 Å². The molecule has 0 aliphatic heterocycles. The van der Waals surface area contributed by atoms with E-state index in [1.807, 2.05) is 35.7 Å². The van der Waals surface area contributed by atoms with Crippen LogP contribution in [0, 0.1) is 0 Å². The molecule has 1 heterocycles. The molecule has 0 bridgehead atoms. The number of carbonyl (C=O) groups excluding carboxylic acids is 1. The lowest BCUT2D eigenvalue weighted by Crippen LogP contribution is -2.28. The molecule has 0 unspecified atom stereocenters. The molecule has 3 aromatic rings. The van der Waals surface area contributed by atoms with E-state index in [0.29, 0.717) is 30.4 Å². The zero-order valence-corrected chi connectivity index (χ0v) is 15.5. The van der Waals surface area contributed by atoms with Crippen LogP contribution in [-0.4, -0.2) is 17.4 Å². The molecule has 1 atom stereocenters. The molecule has 2 aromatic carbocycles. The van der Waals surface area contributed by atoms with Crippen molar-refractivity contribution in [2.45, 2.75) is 25.9 Å². The Morgan fingerprint density at radius 3 is 2.77 bits per heavy atom. The molecular weight excluding hydrogens is 344 g/mol. The number of benzene rings is 2. The highest BCUT2D eigenvalue weighted by Crippen LogP contribution is 2.19. The van der Waals surface area contributed by atoms with Crippen LogP contribution in [0.2, 0.25) is 0 Å². The summed E-state index contributed by atoms with van der Waals surface area (Å²) in [7, 11) is 0. The van der Waals surface area contributed by atoms with Gasteiger partial charge >= 0.3 is 0 Å². The minimum Gasteiger partial charge on any atom is -0.487 e. The van der Waals surface area contributed by atoms with Gasteiger partial charge in [-0.1, -0.05) is 43.3 Å². The van der Waals surface area contributed by atoms with E-state index in [2.05, 4.69) is 29.4 Å². The van der Waals surface area contributed by atoms with Crippen molar-refractivity contribution in [2.75, 3.05) is 6.54 Å². The lowest BCUT2D eigenvalue weighted by molar-refractivity contribution is 0.0950. The molecule has 0 saturated carbocycles. The number of thiazole rings is 1. The van der Waals surface area contributed by atoms with Crippen LogP contribution >= 0.6 is 11.3 Å². The molecule has 0 radical (unpaired) electrons. The van der Waals surface area contributed by atoms with Crippen molar-refractivity contribution >= 4 is 17.2 Å². The van der Waals surface area contributed by atoms with E-state index in [4.69, 9.17) is 4.74 Å². The number of carbonyl (C=O) groups is 1. The van der Waals surface area contributed by atoms with Crippen LogP contribution in [0.25, 0.3) is 0 Å². The molecule has 4 nitrogen and oxygen atoms in total. The van der Waals surface area contributed by atoms with Crippen molar-refractivity contribution in [3.8, 4) is 5.75 Å². The Kier molecular flexibility index (Phi) is 6.39. The second kappa shape index (κ2) is 9.15. The minimum atomic E-state index is -0.0847. The van der Waals surface area contributed by atoms with Gasteiger partial charge < -0.3 is 10.1 Å². The van der Waals surface area contributed by atoms with Crippen LogP contribution in [-0.2, 0) is 6.61 Å². The van der Waals surface area contributed by atoms with Gasteiger partial charge in [0, 0.05) is 23.4 Å². The van der Waals surface area contributed by atoms with Gasteiger partial charge in [-0.2, -0.15) is 0 Å². The Bertz CT molecular complexity index is 819. The van der Waals surface area contributed by atoms with Crippen molar-refractivity contribution in [3.05, 3.63) is 82.3 Å². The average molecular weight is 366 g/mol. The zero-order chi connectivity index (χ0) is 18.2. The van der Waals surface area contributed by atoms with Crippen molar-refractivity contribution in [2.24, 2.45) is 0 Å². The van der Waals surface area contributed by atoms with Gasteiger partial charge in [0.1, 0.15) is 12.4 Å². The first-order chi connectivity index (χ1) is 12.8. The summed E-state index contributed by atoms with van der Waals surface area (Å²) in [6, 6.07) is 17.5. The second-order valence-corrected chi connectivity index (χ2v) is 6.74. The van der Waals surface area contributed by atoms with Gasteiger partial charge in [-0.15, -0.1) is 11.3 Å². The average Bonchev–Trinajstić information content (AvgIpc) is 3.21. The summed E-state index contributed by atoms with van der Waals surface area (Å²) in [5, 5.41) is 4.99. The largest absolute Gasteiger partial charge is 0.487 e. The highest BCUT2D eigenvalue weighted by Gasteiger charge is 2.12. The van der Waals surface area contributed by atoms with Crippen LogP contribution < -0.4 is 10.1 Å². The lowest BCUT2D eigenvalue weighted by Gasteiger charge is -2.16. The highest BCUT2D eigenvalue weighted by molar-refractivity contribution is 7.07. The third-order valence-electron chi connectivity index (χ3n) is 4.24. The predicted octanol–water partition coefficient (Wildman–Crippen LogP) is 4.65. The maximum atomic E-state index is 12.5. The van der Waals surface area contributed by atoms with Gasteiger partial charge in [0.15, 0.2) is 0 Å². The minimum absolute atomic E-state index is 0.0847. The number of hydrogen-bond donors (Lipinski definition) is 1. The SMILES string of the molecule is CC[C@H](CNC(=O)c1cccc(OCc2cscn2)c1)c1ccccc1. The molecule has 1 aromatic heterocycles. The topological polar surface area (TPSA) is 51.2 Å². The number of ether oxygens (including phenoxy) is 1. The van der Waals surface area contributed by atoms with E-state index >= 15 is 0 Å². The standard InChI is InChI=1S/C21H22N2O2S/c1-2-16(17-7-4-3-5-8-17)12-22-21(24)18-9-6-10-20(11-18)25-13-19-14-26-15-23-19/h3-11,14-16H,2,12-13H2,1H3,(H,22,24)/t16-/m1/s1.